The van der Waals surface area contributed by atoms with E-state index in [9.17, 15) is 24.0 Å². The summed E-state index contributed by atoms with van der Waals surface area (Å²) in [6, 6.07) is 21.2. The van der Waals surface area contributed by atoms with Crippen molar-refractivity contribution < 1.29 is 28.7 Å². The van der Waals surface area contributed by atoms with Gasteiger partial charge in [0.15, 0.2) is 12.4 Å². The van der Waals surface area contributed by atoms with Crippen LogP contribution in [0, 0.1) is 17.8 Å². The second-order valence-electron chi connectivity index (χ2n) is 11.7. The van der Waals surface area contributed by atoms with Gasteiger partial charge in [-0.3, -0.25) is 24.1 Å². The highest BCUT2D eigenvalue weighted by molar-refractivity contribution is 6.10. The van der Waals surface area contributed by atoms with Crippen molar-refractivity contribution in [2.24, 2.45) is 17.8 Å². The van der Waals surface area contributed by atoms with Gasteiger partial charge in [0.2, 0.25) is 11.8 Å². The van der Waals surface area contributed by atoms with Crippen molar-refractivity contribution in [1.82, 2.24) is 4.90 Å². The van der Waals surface area contributed by atoms with Crippen molar-refractivity contribution >= 4 is 35.2 Å². The number of imide groups is 1. The first kappa shape index (κ1) is 27.6. The largest absolute Gasteiger partial charge is 0.454 e. The van der Waals surface area contributed by atoms with Gasteiger partial charge in [0, 0.05) is 23.1 Å². The summed E-state index contributed by atoms with van der Waals surface area (Å²) >= 11 is 0. The number of carbonyl (C=O) groups is 5. The number of ether oxygens (including phenoxy) is 1. The first-order valence-corrected chi connectivity index (χ1v) is 14.3. The van der Waals surface area contributed by atoms with Crippen LogP contribution in [0.5, 0.6) is 0 Å². The number of nitrogens with one attached hydrogen (secondary N) is 1. The zero-order valence-corrected chi connectivity index (χ0v) is 23.7. The van der Waals surface area contributed by atoms with Gasteiger partial charge in [0.1, 0.15) is 6.04 Å². The summed E-state index contributed by atoms with van der Waals surface area (Å²) in [5.41, 5.74) is 5.19. The second kappa shape index (κ2) is 10.7. The van der Waals surface area contributed by atoms with Crippen LogP contribution < -0.4 is 5.32 Å². The summed E-state index contributed by atoms with van der Waals surface area (Å²) in [6.07, 6.45) is 0.221. The maximum atomic E-state index is 14.1. The van der Waals surface area contributed by atoms with Gasteiger partial charge in [0.05, 0.1) is 11.8 Å². The van der Waals surface area contributed by atoms with E-state index < -0.39 is 36.4 Å². The maximum Gasteiger partial charge on any atom is 0.329 e. The molecule has 4 aliphatic rings. The molecule has 42 heavy (non-hydrogen) atoms. The number of hydrogen-bond donors (Lipinski definition) is 1. The first-order chi connectivity index (χ1) is 20.2. The number of amides is 3. The van der Waals surface area contributed by atoms with Gasteiger partial charge in [-0.2, -0.15) is 0 Å². The molecule has 1 N–H and O–H groups in total. The molecule has 0 aromatic heterocycles. The molecule has 0 saturated carbocycles. The molecule has 1 heterocycles. The fraction of sp³-hybridized carbons (Fsp3) is 0.324. The third-order valence-electron chi connectivity index (χ3n) is 8.68. The predicted molar refractivity (Wildman–Crippen MR) is 155 cm³/mol. The van der Waals surface area contributed by atoms with Crippen molar-refractivity contribution in [2.75, 3.05) is 11.9 Å². The van der Waals surface area contributed by atoms with Crippen LogP contribution in [0.25, 0.3) is 0 Å². The number of likely N-dealkylation sites (tertiary alicyclic amines) is 1. The Balaban J connectivity index is 1.24. The van der Waals surface area contributed by atoms with Crippen molar-refractivity contribution in [3.05, 3.63) is 101 Å². The summed E-state index contributed by atoms with van der Waals surface area (Å²) in [5.74, 6) is -3.94. The van der Waals surface area contributed by atoms with E-state index in [1.54, 1.807) is 24.3 Å². The maximum absolute atomic E-state index is 14.1. The first-order valence-electron chi connectivity index (χ1n) is 14.3. The Hall–Kier alpha value is -4.59. The van der Waals surface area contributed by atoms with Gasteiger partial charge in [-0.1, -0.05) is 62.4 Å². The molecule has 3 aliphatic carbocycles. The van der Waals surface area contributed by atoms with Crippen LogP contribution in [-0.4, -0.2) is 47.0 Å². The Kier molecular flexibility index (Phi) is 7.01. The number of rotatable bonds is 8. The Morgan fingerprint density at radius 2 is 1.26 bits per heavy atom. The molecule has 214 valence electrons. The average Bonchev–Trinajstić information content (AvgIpc) is 3.24. The summed E-state index contributed by atoms with van der Waals surface area (Å²) in [7, 11) is 0. The highest BCUT2D eigenvalue weighted by Crippen LogP contribution is 2.61. The minimum Gasteiger partial charge on any atom is -0.454 e. The van der Waals surface area contributed by atoms with Crippen molar-refractivity contribution in [3.63, 3.8) is 0 Å². The molecular weight excluding hydrogens is 532 g/mol. The number of hydrogen-bond acceptors (Lipinski definition) is 6. The molecule has 7 rings (SSSR count). The molecule has 1 fully saturated rings. The molecular formula is C34H32N2O6. The molecule has 3 atom stereocenters. The molecule has 8 nitrogen and oxygen atoms in total. The lowest BCUT2D eigenvalue weighted by Crippen LogP contribution is -2.47. The number of esters is 1. The number of ketones is 1. The third-order valence-corrected chi connectivity index (χ3v) is 8.68. The lowest BCUT2D eigenvalue weighted by atomic mass is 9.55. The van der Waals surface area contributed by atoms with Gasteiger partial charge in [-0.15, -0.1) is 0 Å². The molecule has 1 aliphatic heterocycles. The van der Waals surface area contributed by atoms with Crippen LogP contribution in [0.4, 0.5) is 5.69 Å². The number of nitrogens with zero attached hydrogens (tertiary/aromatic N) is 1. The minimum atomic E-state index is -1.14. The van der Waals surface area contributed by atoms with Crippen LogP contribution in [-0.2, 0) is 23.9 Å². The SMILES string of the molecule is CC(=O)c1ccc(NC(=O)COC(=O)[C@H](CC(C)C)N2C(=O)[C@@H]3C4c5ccccc5C(c5ccccc54)[C@H]3C2=O)cc1. The van der Waals surface area contributed by atoms with Crippen molar-refractivity contribution in [1.29, 1.82) is 0 Å². The Morgan fingerprint density at radius 1 is 0.786 bits per heavy atom. The van der Waals surface area contributed by atoms with E-state index in [-0.39, 0.29) is 41.8 Å². The normalized spacial score (nSPS) is 22.3. The van der Waals surface area contributed by atoms with E-state index in [2.05, 4.69) is 5.32 Å². The van der Waals surface area contributed by atoms with Crippen molar-refractivity contribution in [3.8, 4) is 0 Å². The van der Waals surface area contributed by atoms with E-state index >= 15 is 0 Å². The summed E-state index contributed by atoms with van der Waals surface area (Å²) < 4.78 is 5.41. The third kappa shape index (κ3) is 4.51. The van der Waals surface area contributed by atoms with Gasteiger partial charge in [0.25, 0.3) is 5.91 Å². The van der Waals surface area contributed by atoms with Crippen LogP contribution in [0.1, 0.15) is 71.6 Å². The van der Waals surface area contributed by atoms with E-state index in [4.69, 9.17) is 4.74 Å². The molecule has 3 amide bonds. The topological polar surface area (TPSA) is 110 Å². The van der Waals surface area contributed by atoms with Gasteiger partial charge < -0.3 is 10.1 Å². The lowest BCUT2D eigenvalue weighted by molar-refractivity contribution is -0.160. The van der Waals surface area contributed by atoms with E-state index in [1.807, 2.05) is 62.4 Å². The number of benzene rings is 3. The lowest BCUT2D eigenvalue weighted by Gasteiger charge is -2.45. The molecule has 1 saturated heterocycles. The van der Waals surface area contributed by atoms with Crippen LogP contribution >= 0.6 is 0 Å². The Bertz CT molecular complexity index is 1490. The summed E-state index contributed by atoms with van der Waals surface area (Å²) in [4.78, 5) is 66.9. The average molecular weight is 565 g/mol. The minimum absolute atomic E-state index is 0.0227. The summed E-state index contributed by atoms with van der Waals surface area (Å²) in [5, 5.41) is 2.64. The zero-order chi connectivity index (χ0) is 29.7. The molecule has 3 aromatic carbocycles. The van der Waals surface area contributed by atoms with Crippen LogP contribution in [0.3, 0.4) is 0 Å². The fourth-order valence-corrected chi connectivity index (χ4v) is 6.98. The highest BCUT2D eigenvalue weighted by atomic mass is 16.5. The molecule has 2 bridgehead atoms. The smallest absolute Gasteiger partial charge is 0.329 e. The fourth-order valence-electron chi connectivity index (χ4n) is 6.98. The van der Waals surface area contributed by atoms with E-state index in [0.29, 0.717) is 11.3 Å². The molecule has 0 radical (unpaired) electrons. The van der Waals surface area contributed by atoms with Crippen LogP contribution in [0.15, 0.2) is 72.8 Å². The van der Waals surface area contributed by atoms with Crippen molar-refractivity contribution in [2.45, 2.75) is 45.1 Å². The number of anilines is 1. The zero-order valence-electron chi connectivity index (χ0n) is 23.7. The number of carbonyl (C=O) groups excluding carboxylic acids is 5. The second-order valence-corrected chi connectivity index (χ2v) is 11.7. The predicted octanol–water partition coefficient (Wildman–Crippen LogP) is 4.68. The Morgan fingerprint density at radius 3 is 1.69 bits per heavy atom. The molecule has 3 aromatic rings. The summed E-state index contributed by atoms with van der Waals surface area (Å²) in [6.45, 7) is 4.69. The highest BCUT2D eigenvalue weighted by Gasteiger charge is 2.63. The van der Waals surface area contributed by atoms with Crippen LogP contribution in [0.2, 0.25) is 0 Å². The Labute approximate surface area is 244 Å². The monoisotopic (exact) mass is 564 g/mol. The van der Waals surface area contributed by atoms with Gasteiger partial charge in [-0.05, 0) is 65.8 Å². The quantitative estimate of drug-likeness (QED) is 0.242. The number of Topliss-reactive ketones (excluding diaryl/α,β-unsaturated/α-hetero) is 1. The van der Waals surface area contributed by atoms with E-state index in [1.165, 1.54) is 6.92 Å². The standard InChI is InChI=1S/C34H32N2O6/c1-18(2)16-26(34(41)42-17-27(38)35-21-14-12-20(13-15-21)19(3)37)36-32(39)30-28-22-8-4-5-9-23(22)29(31(30)33(36)40)25-11-7-6-10-24(25)28/h4-15,18,26,28-31H,16-17H2,1-3H3,(H,35,38)/t26-,28?,29?,30+,31+/m0/s1. The molecule has 0 spiro atoms. The molecule has 8 heteroatoms. The van der Waals surface area contributed by atoms with Gasteiger partial charge in [-0.25, -0.2) is 4.79 Å². The van der Waals surface area contributed by atoms with Gasteiger partial charge >= 0.3 is 5.97 Å². The molecule has 0 unspecified atom stereocenters. The van der Waals surface area contributed by atoms with E-state index in [0.717, 1.165) is 27.2 Å².